The molecule has 0 aliphatic heterocycles. The molecule has 3 rings (SSSR count). The fourth-order valence-corrected chi connectivity index (χ4v) is 3.95. The van der Waals surface area contributed by atoms with Gasteiger partial charge in [0.1, 0.15) is 0 Å². The van der Waals surface area contributed by atoms with Crippen LogP contribution in [0.5, 0.6) is 5.75 Å². The predicted molar refractivity (Wildman–Crippen MR) is 124 cm³/mol. The Bertz CT molecular complexity index is 1260. The molecule has 0 fully saturated rings. The summed E-state index contributed by atoms with van der Waals surface area (Å²) >= 11 is 6.06. The lowest BCUT2D eigenvalue weighted by Gasteiger charge is -2.17. The summed E-state index contributed by atoms with van der Waals surface area (Å²) in [6.07, 6.45) is 3.67. The van der Waals surface area contributed by atoms with Gasteiger partial charge >= 0.3 is 5.56 Å². The second-order valence-electron chi connectivity index (χ2n) is 8.15. The molecule has 0 saturated heterocycles. The summed E-state index contributed by atoms with van der Waals surface area (Å²) in [6.45, 7) is 3.63. The van der Waals surface area contributed by atoms with E-state index in [4.69, 9.17) is 16.3 Å². The van der Waals surface area contributed by atoms with Crippen LogP contribution in [0.2, 0.25) is 5.02 Å². The van der Waals surface area contributed by atoms with Crippen LogP contribution in [0.1, 0.15) is 26.7 Å². The SMILES string of the molecule is CC(C)(O)CCCOc1c(-c2ccc(S(C)(=O)=O)cc2)cnn(-c2cccc(Cl)c2)c1=O. The van der Waals surface area contributed by atoms with Crippen LogP contribution in [0.3, 0.4) is 0 Å². The van der Waals surface area contributed by atoms with E-state index < -0.39 is 21.0 Å². The van der Waals surface area contributed by atoms with E-state index in [9.17, 15) is 18.3 Å². The van der Waals surface area contributed by atoms with E-state index in [1.807, 2.05) is 0 Å². The molecule has 0 saturated carbocycles. The molecule has 32 heavy (non-hydrogen) atoms. The Labute approximate surface area is 192 Å². The zero-order chi connectivity index (χ0) is 23.5. The second-order valence-corrected chi connectivity index (χ2v) is 10.6. The summed E-state index contributed by atoms with van der Waals surface area (Å²) in [5.74, 6) is 0.0860. The standard InChI is InChI=1S/C23H25ClN2O5S/c1-23(2,28)12-5-13-31-21-20(16-8-10-19(11-9-16)32(3,29)30)15-25-26(22(21)27)18-7-4-6-17(24)14-18/h4,6-11,14-15,28H,5,12-13H2,1-3H3. The summed E-state index contributed by atoms with van der Waals surface area (Å²) in [4.78, 5) is 13.5. The number of hydrogen-bond acceptors (Lipinski definition) is 6. The molecule has 9 heteroatoms. The molecule has 0 amide bonds. The molecule has 0 bridgehead atoms. The van der Waals surface area contributed by atoms with Crippen LogP contribution in [0.4, 0.5) is 0 Å². The summed E-state index contributed by atoms with van der Waals surface area (Å²) in [7, 11) is -3.35. The van der Waals surface area contributed by atoms with Gasteiger partial charge in [0, 0.05) is 16.8 Å². The average Bonchev–Trinajstić information content (AvgIpc) is 2.70. The zero-order valence-corrected chi connectivity index (χ0v) is 19.7. The van der Waals surface area contributed by atoms with Gasteiger partial charge in [0.2, 0.25) is 0 Å². The number of ether oxygens (including phenoxy) is 1. The van der Waals surface area contributed by atoms with Crippen LogP contribution in [0.25, 0.3) is 16.8 Å². The van der Waals surface area contributed by atoms with Gasteiger partial charge in [-0.05, 0) is 62.6 Å². The van der Waals surface area contributed by atoms with Gasteiger partial charge < -0.3 is 9.84 Å². The van der Waals surface area contributed by atoms with Gasteiger partial charge in [-0.3, -0.25) is 4.79 Å². The van der Waals surface area contributed by atoms with Crippen molar-refractivity contribution >= 4 is 21.4 Å². The van der Waals surface area contributed by atoms with Crippen molar-refractivity contribution in [3.05, 3.63) is 70.1 Å². The summed E-state index contributed by atoms with van der Waals surface area (Å²) in [5.41, 5.74) is 0.213. The fraction of sp³-hybridized carbons (Fsp3) is 0.304. The van der Waals surface area contributed by atoms with E-state index in [1.165, 1.54) is 23.0 Å². The molecule has 1 aromatic heterocycles. The highest BCUT2D eigenvalue weighted by molar-refractivity contribution is 7.90. The Hall–Kier alpha value is -2.68. The molecular weight excluding hydrogens is 452 g/mol. The third-order valence-corrected chi connectivity index (χ3v) is 6.12. The maximum Gasteiger partial charge on any atom is 0.314 e. The van der Waals surface area contributed by atoms with Crippen LogP contribution >= 0.6 is 11.6 Å². The van der Waals surface area contributed by atoms with Crippen LogP contribution < -0.4 is 10.3 Å². The van der Waals surface area contributed by atoms with Crippen molar-refractivity contribution in [2.45, 2.75) is 37.2 Å². The third kappa shape index (κ3) is 5.97. The summed E-state index contributed by atoms with van der Waals surface area (Å²) in [6, 6.07) is 12.9. The fourth-order valence-electron chi connectivity index (χ4n) is 3.14. The van der Waals surface area contributed by atoms with E-state index >= 15 is 0 Å². The lowest BCUT2D eigenvalue weighted by Crippen LogP contribution is -2.25. The summed E-state index contributed by atoms with van der Waals surface area (Å²) in [5, 5.41) is 14.7. The second kappa shape index (κ2) is 9.44. The van der Waals surface area contributed by atoms with Gasteiger partial charge in [-0.25, -0.2) is 8.42 Å². The van der Waals surface area contributed by atoms with Crippen LogP contribution in [0, 0.1) is 0 Å². The molecule has 0 radical (unpaired) electrons. The van der Waals surface area contributed by atoms with Crippen molar-refractivity contribution < 1.29 is 18.3 Å². The first kappa shape index (κ1) is 24.0. The number of benzene rings is 2. The predicted octanol–water partition coefficient (Wildman–Crippen LogP) is 3.89. The number of rotatable bonds is 8. The van der Waals surface area contributed by atoms with Gasteiger partial charge in [-0.1, -0.05) is 29.8 Å². The number of halogens is 1. The molecule has 0 aliphatic rings. The van der Waals surface area contributed by atoms with E-state index in [-0.39, 0.29) is 17.3 Å². The quantitative estimate of drug-likeness (QED) is 0.495. The molecule has 3 aromatic rings. The molecule has 0 aliphatic carbocycles. The van der Waals surface area contributed by atoms with Gasteiger partial charge in [-0.2, -0.15) is 9.78 Å². The lowest BCUT2D eigenvalue weighted by atomic mass is 10.0. The van der Waals surface area contributed by atoms with Crippen molar-refractivity contribution in [2.75, 3.05) is 12.9 Å². The smallest absolute Gasteiger partial charge is 0.314 e. The maximum absolute atomic E-state index is 13.3. The van der Waals surface area contributed by atoms with Gasteiger partial charge in [0.15, 0.2) is 15.6 Å². The van der Waals surface area contributed by atoms with Gasteiger partial charge in [-0.15, -0.1) is 0 Å². The molecule has 0 unspecified atom stereocenters. The van der Waals surface area contributed by atoms with Crippen LogP contribution in [-0.4, -0.2) is 41.8 Å². The van der Waals surface area contributed by atoms with Crippen LogP contribution in [0.15, 0.2) is 64.4 Å². The number of sulfone groups is 1. The van der Waals surface area contributed by atoms with Gasteiger partial charge in [0.05, 0.1) is 29.0 Å². The van der Waals surface area contributed by atoms with Crippen molar-refractivity contribution in [2.24, 2.45) is 0 Å². The van der Waals surface area contributed by atoms with E-state index in [1.54, 1.807) is 50.2 Å². The molecule has 7 nitrogen and oxygen atoms in total. The van der Waals surface area contributed by atoms with Gasteiger partial charge in [0.25, 0.3) is 0 Å². The van der Waals surface area contributed by atoms with Crippen LogP contribution in [-0.2, 0) is 9.84 Å². The Balaban J connectivity index is 2.03. The lowest BCUT2D eigenvalue weighted by molar-refractivity contribution is 0.0640. The number of nitrogens with zero attached hydrogens (tertiary/aromatic N) is 2. The largest absolute Gasteiger partial charge is 0.487 e. The minimum absolute atomic E-state index is 0.0860. The Morgan fingerprint density at radius 3 is 2.44 bits per heavy atom. The molecule has 0 atom stereocenters. The topological polar surface area (TPSA) is 98.5 Å². The highest BCUT2D eigenvalue weighted by atomic mass is 35.5. The Morgan fingerprint density at radius 1 is 1.16 bits per heavy atom. The molecule has 2 aromatic carbocycles. The third-order valence-electron chi connectivity index (χ3n) is 4.76. The number of aliphatic hydroxyl groups is 1. The first-order valence-corrected chi connectivity index (χ1v) is 12.3. The highest BCUT2D eigenvalue weighted by Crippen LogP contribution is 2.28. The van der Waals surface area contributed by atoms with Crippen molar-refractivity contribution in [3.8, 4) is 22.6 Å². The van der Waals surface area contributed by atoms with Crippen molar-refractivity contribution in [1.82, 2.24) is 9.78 Å². The van der Waals surface area contributed by atoms with E-state index in [2.05, 4.69) is 5.10 Å². The Kier molecular flexibility index (Phi) is 7.07. The number of aromatic nitrogens is 2. The first-order valence-electron chi connectivity index (χ1n) is 10.00. The molecule has 170 valence electrons. The molecule has 1 N–H and O–H groups in total. The molecular formula is C23H25ClN2O5S. The van der Waals surface area contributed by atoms with Crippen molar-refractivity contribution in [1.29, 1.82) is 0 Å². The highest BCUT2D eigenvalue weighted by Gasteiger charge is 2.18. The minimum Gasteiger partial charge on any atom is -0.487 e. The van der Waals surface area contributed by atoms with E-state index in [0.717, 1.165) is 6.26 Å². The monoisotopic (exact) mass is 476 g/mol. The Morgan fingerprint density at radius 2 is 1.84 bits per heavy atom. The normalized spacial score (nSPS) is 12.0. The number of hydrogen-bond donors (Lipinski definition) is 1. The molecule has 0 spiro atoms. The van der Waals surface area contributed by atoms with E-state index in [0.29, 0.717) is 34.7 Å². The first-order chi connectivity index (χ1) is 15.0. The summed E-state index contributed by atoms with van der Waals surface area (Å²) < 4.78 is 30.6. The maximum atomic E-state index is 13.3. The zero-order valence-electron chi connectivity index (χ0n) is 18.1. The average molecular weight is 477 g/mol. The minimum atomic E-state index is -3.35. The van der Waals surface area contributed by atoms with Crippen molar-refractivity contribution in [3.63, 3.8) is 0 Å². The molecule has 1 heterocycles.